The number of allylic oxidation sites excluding steroid dienone is 2. The highest BCUT2D eigenvalue weighted by Gasteiger charge is 2.19. The van der Waals surface area contributed by atoms with Gasteiger partial charge in [0.2, 0.25) is 6.41 Å². The van der Waals surface area contributed by atoms with E-state index in [0.29, 0.717) is 12.2 Å². The molecule has 1 aliphatic carbocycles. The summed E-state index contributed by atoms with van der Waals surface area (Å²) in [6.45, 7) is 7.60. The Kier molecular flexibility index (Phi) is 5.38. The maximum Gasteiger partial charge on any atom is 0.214 e. The lowest BCUT2D eigenvalue weighted by atomic mass is 10.1. The van der Waals surface area contributed by atoms with Gasteiger partial charge in [0.15, 0.2) is 0 Å². The molecule has 0 aliphatic heterocycles. The van der Waals surface area contributed by atoms with Crippen molar-refractivity contribution in [1.29, 1.82) is 0 Å². The molecular weight excluding hydrogens is 230 g/mol. The molecule has 0 saturated heterocycles. The largest absolute Gasteiger partial charge is 0.512 e. The van der Waals surface area contributed by atoms with Gasteiger partial charge in [-0.25, -0.2) is 0 Å². The van der Waals surface area contributed by atoms with E-state index in [1.54, 1.807) is 6.08 Å². The molecule has 0 saturated carbocycles. The predicted molar refractivity (Wildman–Crippen MR) is 72.1 cm³/mol. The average molecular weight is 255 g/mol. The van der Waals surface area contributed by atoms with Crippen LogP contribution in [0.4, 0.5) is 0 Å². The highest BCUT2D eigenvalue weighted by Crippen LogP contribution is 2.18. The summed E-state index contributed by atoms with van der Waals surface area (Å²) < 4.78 is 5.39. The van der Waals surface area contributed by atoms with Crippen LogP contribution in [0.15, 0.2) is 23.5 Å². The van der Waals surface area contributed by atoms with Gasteiger partial charge in [0.05, 0.1) is 11.4 Å². The first-order valence-electron chi connectivity index (χ1n) is 6.49. The molecular formula is C14H25NO3. The van der Waals surface area contributed by atoms with Crippen LogP contribution in [0, 0.1) is 0 Å². The molecule has 104 valence electrons. The molecule has 1 rings (SSSR count). The summed E-state index contributed by atoms with van der Waals surface area (Å²) >= 11 is 0. The fraction of sp³-hybridized carbons (Fsp3) is 0.714. The molecule has 0 spiro atoms. The number of hydrogen-bond acceptors (Lipinski definition) is 4. The predicted octanol–water partition coefficient (Wildman–Crippen LogP) is 2.61. The standard InChI is InChI=1S/C14H25NO3/c1-10(15-13(17)18-14(2,3)4)11-7-5-6-8-12(16)9-11/h7,9-10,13,15-17H,5-6,8H2,1-4H3/t10-,13?/m1/s1. The van der Waals surface area contributed by atoms with Gasteiger partial charge >= 0.3 is 0 Å². The van der Waals surface area contributed by atoms with Gasteiger partial charge in [0.25, 0.3) is 0 Å². The molecule has 0 aromatic rings. The highest BCUT2D eigenvalue weighted by molar-refractivity contribution is 5.27. The zero-order valence-electron chi connectivity index (χ0n) is 11.7. The van der Waals surface area contributed by atoms with E-state index in [2.05, 4.69) is 11.4 Å². The summed E-state index contributed by atoms with van der Waals surface area (Å²) in [5, 5.41) is 22.4. The number of hydrogen-bond donors (Lipinski definition) is 3. The van der Waals surface area contributed by atoms with Gasteiger partial charge in [0.1, 0.15) is 0 Å². The summed E-state index contributed by atoms with van der Waals surface area (Å²) in [4.78, 5) is 0. The normalized spacial score (nSPS) is 20.7. The minimum Gasteiger partial charge on any atom is -0.512 e. The van der Waals surface area contributed by atoms with Crippen LogP contribution in [0.2, 0.25) is 0 Å². The Bertz CT molecular complexity index is 328. The summed E-state index contributed by atoms with van der Waals surface area (Å²) in [7, 11) is 0. The van der Waals surface area contributed by atoms with Gasteiger partial charge in [-0.1, -0.05) is 6.08 Å². The third-order valence-corrected chi connectivity index (χ3v) is 2.71. The van der Waals surface area contributed by atoms with E-state index >= 15 is 0 Å². The van der Waals surface area contributed by atoms with Crippen molar-refractivity contribution in [3.63, 3.8) is 0 Å². The third kappa shape index (κ3) is 5.67. The fourth-order valence-electron chi connectivity index (χ4n) is 1.86. The Labute approximate surface area is 109 Å². The van der Waals surface area contributed by atoms with Crippen molar-refractivity contribution in [2.75, 3.05) is 0 Å². The van der Waals surface area contributed by atoms with Gasteiger partial charge < -0.3 is 14.9 Å². The van der Waals surface area contributed by atoms with Crippen LogP contribution in [0.1, 0.15) is 47.0 Å². The van der Waals surface area contributed by atoms with Crippen molar-refractivity contribution < 1.29 is 14.9 Å². The molecule has 0 radical (unpaired) electrons. The van der Waals surface area contributed by atoms with Crippen LogP contribution >= 0.6 is 0 Å². The SMILES string of the molecule is C[C@@H](NC(O)OC(C)(C)C)C1=CCCCC(O)=C1. The van der Waals surface area contributed by atoms with Crippen molar-refractivity contribution in [1.82, 2.24) is 5.32 Å². The van der Waals surface area contributed by atoms with Crippen LogP contribution < -0.4 is 5.32 Å². The van der Waals surface area contributed by atoms with Crippen molar-refractivity contribution >= 4 is 0 Å². The Hall–Kier alpha value is -0.840. The maximum absolute atomic E-state index is 9.78. The molecule has 4 heteroatoms. The molecule has 0 bridgehead atoms. The highest BCUT2D eigenvalue weighted by atomic mass is 16.6. The second kappa shape index (κ2) is 6.36. The van der Waals surface area contributed by atoms with Crippen LogP contribution in [0.25, 0.3) is 0 Å². The molecule has 0 aromatic carbocycles. The Morgan fingerprint density at radius 2 is 2.06 bits per heavy atom. The molecule has 1 aliphatic rings. The summed E-state index contributed by atoms with van der Waals surface area (Å²) in [5.74, 6) is 0.402. The summed E-state index contributed by atoms with van der Waals surface area (Å²) in [6.07, 6.45) is 5.46. The number of nitrogens with one attached hydrogen (secondary N) is 1. The monoisotopic (exact) mass is 255 g/mol. The number of ether oxygens (including phenoxy) is 1. The van der Waals surface area contributed by atoms with Gasteiger partial charge in [-0.15, -0.1) is 0 Å². The van der Waals surface area contributed by atoms with Crippen LogP contribution in [-0.2, 0) is 4.74 Å². The van der Waals surface area contributed by atoms with Gasteiger partial charge in [-0.3, -0.25) is 5.32 Å². The van der Waals surface area contributed by atoms with Gasteiger partial charge in [0, 0.05) is 12.5 Å². The van der Waals surface area contributed by atoms with E-state index < -0.39 is 12.0 Å². The molecule has 3 N–H and O–H groups in total. The topological polar surface area (TPSA) is 61.7 Å². The van der Waals surface area contributed by atoms with E-state index in [4.69, 9.17) is 4.74 Å². The van der Waals surface area contributed by atoms with Gasteiger partial charge in [-0.05, 0) is 52.2 Å². The zero-order valence-corrected chi connectivity index (χ0v) is 11.7. The van der Waals surface area contributed by atoms with Crippen molar-refractivity contribution in [2.24, 2.45) is 0 Å². The average Bonchev–Trinajstić information content (AvgIpc) is 2.39. The third-order valence-electron chi connectivity index (χ3n) is 2.71. The van der Waals surface area contributed by atoms with Crippen LogP contribution in [0.3, 0.4) is 0 Å². The smallest absolute Gasteiger partial charge is 0.214 e. The van der Waals surface area contributed by atoms with Gasteiger partial charge in [-0.2, -0.15) is 0 Å². The molecule has 18 heavy (non-hydrogen) atoms. The zero-order chi connectivity index (χ0) is 13.8. The first-order valence-corrected chi connectivity index (χ1v) is 6.49. The van der Waals surface area contributed by atoms with E-state index in [0.717, 1.165) is 18.4 Å². The second-order valence-electron chi connectivity index (χ2n) is 5.70. The first kappa shape index (κ1) is 15.2. The first-order chi connectivity index (χ1) is 8.28. The van der Waals surface area contributed by atoms with Crippen LogP contribution in [-0.4, -0.2) is 28.3 Å². The fourth-order valence-corrected chi connectivity index (χ4v) is 1.86. The quantitative estimate of drug-likeness (QED) is 0.676. The minimum absolute atomic E-state index is 0.0670. The molecule has 0 aromatic heterocycles. The van der Waals surface area contributed by atoms with E-state index in [1.165, 1.54) is 0 Å². The minimum atomic E-state index is -1.01. The molecule has 1 unspecified atom stereocenters. The lowest BCUT2D eigenvalue weighted by Crippen LogP contribution is -2.43. The Balaban J connectivity index is 2.56. The number of rotatable bonds is 4. The summed E-state index contributed by atoms with van der Waals surface area (Å²) in [6, 6.07) is -0.0670. The van der Waals surface area contributed by atoms with E-state index in [9.17, 15) is 10.2 Å². The van der Waals surface area contributed by atoms with Crippen molar-refractivity contribution in [2.45, 2.75) is 65.0 Å². The molecule has 4 nitrogen and oxygen atoms in total. The lowest BCUT2D eigenvalue weighted by molar-refractivity contribution is -0.183. The molecule has 0 fully saturated rings. The van der Waals surface area contributed by atoms with E-state index in [1.807, 2.05) is 27.7 Å². The van der Waals surface area contributed by atoms with Crippen LogP contribution in [0.5, 0.6) is 0 Å². The van der Waals surface area contributed by atoms with Crippen molar-refractivity contribution in [3.8, 4) is 0 Å². The second-order valence-corrected chi connectivity index (χ2v) is 5.70. The molecule has 2 atom stereocenters. The lowest BCUT2D eigenvalue weighted by Gasteiger charge is -2.27. The van der Waals surface area contributed by atoms with Crippen molar-refractivity contribution in [3.05, 3.63) is 23.5 Å². The maximum atomic E-state index is 9.78. The number of aliphatic hydroxyl groups is 2. The van der Waals surface area contributed by atoms with E-state index in [-0.39, 0.29) is 6.04 Å². The summed E-state index contributed by atoms with van der Waals surface area (Å²) in [5.41, 5.74) is 0.587. The molecule has 0 heterocycles. The Morgan fingerprint density at radius 3 is 2.67 bits per heavy atom. The Morgan fingerprint density at radius 1 is 1.39 bits per heavy atom. The molecule has 0 amide bonds. The number of aliphatic hydroxyl groups excluding tert-OH is 2.